The number of halogens is 3. The fourth-order valence-corrected chi connectivity index (χ4v) is 4.37. The Morgan fingerprint density at radius 2 is 2.26 bits per heavy atom. The standard InChI is InChI=1S/C16H14Cl2FN2O8PS/c17-8-1-2-10-7(3-8)5-26-30(25,29-10)27-6-16(19)12(23)11(22)14(28-16)21-4-9(18)13(24)20-15(21)31/h1-4,11-12,14,22-23H,5-6H2,(H,20,24,31)/t11-,12+,14-,16-,30?/m1/s1/i6D2,14D. The molecule has 1 saturated heterocycles. The molecule has 15 heteroatoms. The second-order valence-electron chi connectivity index (χ2n) is 6.34. The van der Waals surface area contributed by atoms with Crippen LogP contribution in [0.1, 0.15) is 15.9 Å². The van der Waals surface area contributed by atoms with Crippen molar-refractivity contribution in [2.24, 2.45) is 0 Å². The van der Waals surface area contributed by atoms with E-state index >= 15 is 4.39 Å². The maximum absolute atomic E-state index is 15.8. The Bertz CT molecular complexity index is 1330. The lowest BCUT2D eigenvalue weighted by atomic mass is 10.1. The van der Waals surface area contributed by atoms with Crippen LogP contribution in [0.2, 0.25) is 10.0 Å². The Hall–Kier alpha value is -1.34. The Balaban J connectivity index is 1.67. The highest BCUT2D eigenvalue weighted by Gasteiger charge is 2.57. The van der Waals surface area contributed by atoms with Crippen molar-refractivity contribution >= 4 is 43.2 Å². The van der Waals surface area contributed by atoms with Crippen LogP contribution >= 0.6 is 43.2 Å². The van der Waals surface area contributed by atoms with Gasteiger partial charge in [-0.2, -0.15) is 0 Å². The number of aromatic nitrogens is 2. The van der Waals surface area contributed by atoms with Crippen LogP contribution in [0.5, 0.6) is 5.75 Å². The average Bonchev–Trinajstić information content (AvgIpc) is 2.92. The molecule has 168 valence electrons. The van der Waals surface area contributed by atoms with Gasteiger partial charge in [0.1, 0.15) is 29.5 Å². The number of ether oxygens (including phenoxy) is 1. The fraction of sp³-hybridized carbons (Fsp3) is 0.375. The number of hydrogen-bond acceptors (Lipinski definition) is 9. The van der Waals surface area contributed by atoms with Crippen LogP contribution in [0.4, 0.5) is 4.39 Å². The number of aromatic amines is 1. The number of phosphoric ester groups is 1. The van der Waals surface area contributed by atoms with Crippen LogP contribution < -0.4 is 10.1 Å². The summed E-state index contributed by atoms with van der Waals surface area (Å²) in [6.45, 7) is -4.23. The van der Waals surface area contributed by atoms with E-state index in [1.807, 2.05) is 0 Å². The largest absolute Gasteiger partial charge is 0.530 e. The van der Waals surface area contributed by atoms with Crippen molar-refractivity contribution in [1.82, 2.24) is 9.55 Å². The third kappa shape index (κ3) is 4.32. The van der Waals surface area contributed by atoms with Gasteiger partial charge in [-0.15, -0.1) is 0 Å². The Kier molecular flexibility index (Phi) is 5.08. The van der Waals surface area contributed by atoms with Crippen LogP contribution in [-0.4, -0.2) is 44.4 Å². The van der Waals surface area contributed by atoms with Gasteiger partial charge in [0.2, 0.25) is 0 Å². The summed E-state index contributed by atoms with van der Waals surface area (Å²) in [6.07, 6.45) is -7.59. The highest BCUT2D eigenvalue weighted by Crippen LogP contribution is 2.56. The zero-order valence-electron chi connectivity index (χ0n) is 18.0. The molecular formula is C16H14Cl2FN2O8PS. The number of H-pyrrole nitrogens is 1. The van der Waals surface area contributed by atoms with E-state index in [4.69, 9.17) is 57.8 Å². The summed E-state index contributed by atoms with van der Waals surface area (Å²) < 4.78 is 72.6. The molecule has 1 aromatic carbocycles. The number of benzene rings is 1. The Morgan fingerprint density at radius 3 is 3.00 bits per heavy atom. The molecule has 31 heavy (non-hydrogen) atoms. The van der Waals surface area contributed by atoms with Gasteiger partial charge in [-0.1, -0.05) is 23.2 Å². The summed E-state index contributed by atoms with van der Waals surface area (Å²) in [6, 6.07) is 4.12. The van der Waals surface area contributed by atoms with Gasteiger partial charge in [0.25, 0.3) is 11.4 Å². The molecule has 0 aliphatic carbocycles. The predicted octanol–water partition coefficient (Wildman–Crippen LogP) is 2.86. The van der Waals surface area contributed by atoms with Crippen molar-refractivity contribution in [2.75, 3.05) is 6.56 Å². The minimum Gasteiger partial charge on any atom is -0.404 e. The molecule has 0 radical (unpaired) electrons. The zero-order valence-corrected chi connectivity index (χ0v) is 18.2. The Labute approximate surface area is 192 Å². The SMILES string of the molecule is [2H]C([2H])(OP1(=O)OCc2cc(Cl)ccc2O1)[C@@]1(F)O[C@@]([2H])(n2cc(Cl)c(=O)[nH]c2=S)[C@H](O)[C@@H]1O. The van der Waals surface area contributed by atoms with Gasteiger partial charge < -0.3 is 19.5 Å². The minimum absolute atomic E-state index is 0.0420. The molecule has 5 atom stereocenters. The molecule has 3 heterocycles. The quantitative estimate of drug-likeness (QED) is 0.413. The molecule has 1 aromatic heterocycles. The normalized spacial score (nSPS) is 36.7. The highest BCUT2D eigenvalue weighted by atomic mass is 35.5. The molecule has 3 N–H and O–H groups in total. The third-order valence-corrected chi connectivity index (χ3v) is 6.21. The Morgan fingerprint density at radius 1 is 1.52 bits per heavy atom. The van der Waals surface area contributed by atoms with Gasteiger partial charge in [-0.05, 0) is 30.4 Å². The zero-order chi connectivity index (χ0) is 25.3. The summed E-state index contributed by atoms with van der Waals surface area (Å²) in [4.78, 5) is 13.7. The molecule has 2 aliphatic heterocycles. The number of alkyl halides is 1. The first-order valence-corrected chi connectivity index (χ1v) is 10.9. The van der Waals surface area contributed by atoms with Crippen molar-refractivity contribution in [2.45, 2.75) is 30.9 Å². The topological polar surface area (TPSA) is 132 Å². The van der Waals surface area contributed by atoms with Gasteiger partial charge in [0.15, 0.2) is 11.0 Å². The van der Waals surface area contributed by atoms with E-state index in [0.717, 1.165) is 6.20 Å². The molecule has 4 rings (SSSR count). The maximum atomic E-state index is 15.8. The van der Waals surface area contributed by atoms with E-state index in [1.54, 1.807) is 0 Å². The summed E-state index contributed by atoms with van der Waals surface area (Å²) in [5, 5.41) is 20.5. The van der Waals surface area contributed by atoms with Crippen molar-refractivity contribution in [3.05, 3.63) is 55.1 Å². The molecule has 2 aromatic rings. The predicted molar refractivity (Wildman–Crippen MR) is 107 cm³/mol. The van der Waals surface area contributed by atoms with Crippen LogP contribution in [-0.2, 0) is 25.0 Å². The van der Waals surface area contributed by atoms with Crippen molar-refractivity contribution < 1.29 is 41.6 Å². The smallest absolute Gasteiger partial charge is 0.404 e. The molecule has 0 saturated carbocycles. The first-order valence-electron chi connectivity index (χ1n) is 9.82. The lowest BCUT2D eigenvalue weighted by Gasteiger charge is -2.28. The third-order valence-electron chi connectivity index (χ3n) is 4.23. The molecule has 0 amide bonds. The van der Waals surface area contributed by atoms with Gasteiger partial charge in [0.05, 0.1) is 10.7 Å². The number of phosphoric acid groups is 1. The maximum Gasteiger partial charge on any atom is 0.530 e. The number of aliphatic hydroxyl groups excluding tert-OH is 2. The number of fused-ring (bicyclic) bond motifs is 1. The number of nitrogens with zero attached hydrogens (tertiary/aromatic N) is 1. The minimum atomic E-state index is -4.85. The molecule has 2 aliphatic rings. The van der Waals surface area contributed by atoms with Crippen LogP contribution in [0.25, 0.3) is 0 Å². The second kappa shape index (κ2) is 8.22. The van der Waals surface area contributed by atoms with E-state index in [2.05, 4.69) is 4.98 Å². The number of aliphatic hydroxyl groups is 2. The molecule has 0 spiro atoms. The first kappa shape index (κ1) is 19.2. The van der Waals surface area contributed by atoms with E-state index in [9.17, 15) is 19.6 Å². The van der Waals surface area contributed by atoms with E-state index in [0.29, 0.717) is 15.2 Å². The summed E-state index contributed by atoms with van der Waals surface area (Å²) in [5.74, 6) is -4.06. The van der Waals surface area contributed by atoms with Crippen molar-refractivity contribution in [3.8, 4) is 5.75 Å². The monoisotopic (exact) mass is 517 g/mol. The highest BCUT2D eigenvalue weighted by molar-refractivity contribution is 7.71. The van der Waals surface area contributed by atoms with Crippen LogP contribution in [0.15, 0.2) is 29.2 Å². The lowest BCUT2D eigenvalue weighted by Crippen LogP contribution is -2.43. The van der Waals surface area contributed by atoms with Gasteiger partial charge in [-0.25, -0.2) is 8.96 Å². The van der Waals surface area contributed by atoms with Crippen molar-refractivity contribution in [1.29, 1.82) is 0 Å². The first-order chi connectivity index (χ1) is 15.6. The van der Waals surface area contributed by atoms with Crippen LogP contribution in [0.3, 0.4) is 0 Å². The van der Waals surface area contributed by atoms with E-state index in [-0.39, 0.29) is 5.75 Å². The molecular weight excluding hydrogens is 501 g/mol. The van der Waals surface area contributed by atoms with Gasteiger partial charge in [0, 0.05) is 16.8 Å². The van der Waals surface area contributed by atoms with E-state index in [1.165, 1.54) is 18.2 Å². The summed E-state index contributed by atoms with van der Waals surface area (Å²) >= 11 is 16.4. The van der Waals surface area contributed by atoms with Crippen LogP contribution in [0, 0.1) is 4.77 Å². The van der Waals surface area contributed by atoms with Gasteiger partial charge >= 0.3 is 7.82 Å². The summed E-state index contributed by atoms with van der Waals surface area (Å²) in [7, 11) is -4.85. The molecule has 1 unspecified atom stereocenters. The number of hydrogen-bond donors (Lipinski definition) is 3. The number of rotatable bonds is 4. The summed E-state index contributed by atoms with van der Waals surface area (Å²) in [5.41, 5.74) is -0.517. The number of nitrogens with one attached hydrogen (secondary N) is 1. The average molecular weight is 518 g/mol. The lowest BCUT2D eigenvalue weighted by molar-refractivity contribution is -0.205. The fourth-order valence-electron chi connectivity index (χ4n) is 2.70. The molecule has 0 bridgehead atoms. The molecule has 1 fully saturated rings. The molecule has 10 nitrogen and oxygen atoms in total. The van der Waals surface area contributed by atoms with Gasteiger partial charge in [-0.3, -0.25) is 23.4 Å². The van der Waals surface area contributed by atoms with Crippen molar-refractivity contribution in [3.63, 3.8) is 0 Å². The second-order valence-corrected chi connectivity index (χ2v) is 9.09. The van der Waals surface area contributed by atoms with E-state index < -0.39 is 60.6 Å².